The molecule has 1 aromatic heterocycles. The normalized spacial score (nSPS) is 21.1. The zero-order chi connectivity index (χ0) is 21.0. The summed E-state index contributed by atoms with van der Waals surface area (Å²) in [4.78, 5) is 18.3. The lowest BCUT2D eigenvalue weighted by Crippen LogP contribution is -2.26. The van der Waals surface area contributed by atoms with Crippen LogP contribution in [0.4, 0.5) is 0 Å². The largest absolute Gasteiger partial charge is 0.481 e. The van der Waals surface area contributed by atoms with Gasteiger partial charge in [0.1, 0.15) is 17.1 Å². The summed E-state index contributed by atoms with van der Waals surface area (Å²) >= 11 is 3.55. The number of nitrogens with zero attached hydrogens (tertiary/aromatic N) is 3. The number of aliphatic carboxylic acids is 1. The molecule has 1 aliphatic carbocycles. The maximum atomic E-state index is 11.4. The number of halogens is 1. The fourth-order valence-electron chi connectivity index (χ4n) is 4.85. The van der Waals surface area contributed by atoms with Gasteiger partial charge in [0, 0.05) is 22.6 Å². The Labute approximate surface area is 182 Å². The number of benzene rings is 2. The van der Waals surface area contributed by atoms with Crippen molar-refractivity contribution in [3.63, 3.8) is 0 Å². The fraction of sp³-hybridized carbons (Fsp3) is 0.348. The second-order valence-electron chi connectivity index (χ2n) is 8.08. The Morgan fingerprint density at radius 3 is 2.97 bits per heavy atom. The molecule has 0 unspecified atom stereocenters. The summed E-state index contributed by atoms with van der Waals surface area (Å²) in [6.45, 7) is 3.32. The van der Waals surface area contributed by atoms with Crippen LogP contribution in [0.5, 0.6) is 0 Å². The number of aromatic nitrogens is 1. The van der Waals surface area contributed by atoms with E-state index in [2.05, 4.69) is 26.9 Å². The van der Waals surface area contributed by atoms with Crippen molar-refractivity contribution in [3.05, 3.63) is 51.0 Å². The average molecular weight is 466 g/mol. The fourth-order valence-corrected chi connectivity index (χ4v) is 5.22. The lowest BCUT2D eigenvalue weighted by molar-refractivity contribution is -0.141. The number of hydrogen-bond acceptors (Lipinski definition) is 5. The Bertz CT molecular complexity index is 1230. The van der Waals surface area contributed by atoms with Crippen molar-refractivity contribution in [1.82, 2.24) is 9.88 Å². The minimum atomic E-state index is -0.727. The molecule has 5 rings (SSSR count). The third kappa shape index (κ3) is 2.94. The van der Waals surface area contributed by atoms with E-state index in [0.29, 0.717) is 35.5 Å². The third-order valence-corrected chi connectivity index (χ3v) is 7.33. The van der Waals surface area contributed by atoms with Gasteiger partial charge in [0.05, 0.1) is 5.92 Å². The van der Waals surface area contributed by atoms with E-state index in [4.69, 9.17) is 9.40 Å². The molecule has 1 saturated heterocycles. The molecule has 1 fully saturated rings. The van der Waals surface area contributed by atoms with E-state index in [1.807, 2.05) is 31.2 Å². The Morgan fingerprint density at radius 2 is 2.23 bits per heavy atom. The smallest absolute Gasteiger partial charge is 0.307 e. The lowest BCUT2D eigenvalue weighted by atomic mass is 10.0. The quantitative estimate of drug-likeness (QED) is 0.595. The first-order valence-electron chi connectivity index (χ1n) is 10.1. The molecule has 30 heavy (non-hydrogen) atoms. The summed E-state index contributed by atoms with van der Waals surface area (Å²) in [6, 6.07) is 10.4. The van der Waals surface area contributed by atoms with E-state index in [-0.39, 0.29) is 12.0 Å². The summed E-state index contributed by atoms with van der Waals surface area (Å²) in [5.74, 6) is -0.534. The van der Waals surface area contributed by atoms with Gasteiger partial charge >= 0.3 is 5.97 Å². The van der Waals surface area contributed by atoms with Crippen LogP contribution in [0.3, 0.4) is 0 Å². The Morgan fingerprint density at radius 1 is 1.40 bits per heavy atom. The van der Waals surface area contributed by atoms with Crippen LogP contribution in [0.25, 0.3) is 22.6 Å². The minimum absolute atomic E-state index is 0.133. The first kappa shape index (κ1) is 19.3. The van der Waals surface area contributed by atoms with Crippen molar-refractivity contribution in [2.24, 2.45) is 5.92 Å². The number of hydrogen-bond donors (Lipinski definition) is 1. The van der Waals surface area contributed by atoms with Crippen molar-refractivity contribution < 1.29 is 14.3 Å². The van der Waals surface area contributed by atoms with Crippen LogP contribution in [-0.2, 0) is 11.2 Å². The van der Waals surface area contributed by atoms with Crippen LogP contribution in [0, 0.1) is 24.2 Å². The van der Waals surface area contributed by atoms with Gasteiger partial charge in [0.15, 0.2) is 5.58 Å². The van der Waals surface area contributed by atoms with E-state index in [1.165, 1.54) is 0 Å². The SMILES string of the molecule is Cc1c(Br)cccc1-c1nc2cc3c(c(C#N)c2o1)CC[C@H]3N1CC[C@@H](C(=O)O)C1. The molecule has 7 heteroatoms. The van der Waals surface area contributed by atoms with E-state index in [9.17, 15) is 15.2 Å². The average Bonchev–Trinajstić information content (AvgIpc) is 3.45. The molecule has 152 valence electrons. The van der Waals surface area contributed by atoms with Crippen LogP contribution in [0.15, 0.2) is 33.2 Å². The lowest BCUT2D eigenvalue weighted by Gasteiger charge is -2.24. The predicted octanol–water partition coefficient (Wildman–Crippen LogP) is 4.83. The van der Waals surface area contributed by atoms with E-state index in [1.54, 1.807) is 0 Å². The molecule has 1 N–H and O–H groups in total. The highest BCUT2D eigenvalue weighted by molar-refractivity contribution is 9.10. The highest BCUT2D eigenvalue weighted by Gasteiger charge is 2.37. The van der Waals surface area contributed by atoms with E-state index in [0.717, 1.165) is 46.1 Å². The van der Waals surface area contributed by atoms with Gasteiger partial charge in [-0.3, -0.25) is 9.69 Å². The van der Waals surface area contributed by atoms with Crippen LogP contribution in [0.1, 0.15) is 41.1 Å². The van der Waals surface area contributed by atoms with Gasteiger partial charge in [-0.25, -0.2) is 4.98 Å². The number of carboxylic acid groups (broad SMARTS) is 1. The summed E-state index contributed by atoms with van der Waals surface area (Å²) in [6.07, 6.45) is 2.35. The van der Waals surface area contributed by atoms with Gasteiger partial charge in [0.2, 0.25) is 5.89 Å². The Kier molecular flexibility index (Phi) is 4.64. The molecule has 2 aromatic carbocycles. The van der Waals surface area contributed by atoms with Gasteiger partial charge in [0.25, 0.3) is 0 Å². The molecular formula is C23H20BrN3O3. The zero-order valence-electron chi connectivity index (χ0n) is 16.5. The molecule has 6 nitrogen and oxygen atoms in total. The highest BCUT2D eigenvalue weighted by Crippen LogP contribution is 2.43. The van der Waals surface area contributed by atoms with Crippen molar-refractivity contribution in [2.75, 3.05) is 13.1 Å². The van der Waals surface area contributed by atoms with Crippen molar-refractivity contribution in [3.8, 4) is 17.5 Å². The summed E-state index contributed by atoms with van der Waals surface area (Å²) in [7, 11) is 0. The third-order valence-electron chi connectivity index (χ3n) is 6.47. The standard InChI is InChI=1S/C23H20BrN3O3/c1-12-14(3-2-4-18(12)24)22-26-19-9-16-15(17(10-25)21(19)30-22)5-6-20(16)27-8-7-13(11-27)23(28)29/h2-4,9,13,20H,5-8,11H2,1H3,(H,28,29)/t13-,20-/m1/s1. The molecule has 0 amide bonds. The monoisotopic (exact) mass is 465 g/mol. The molecule has 2 atom stereocenters. The minimum Gasteiger partial charge on any atom is -0.481 e. The van der Waals surface area contributed by atoms with Gasteiger partial charge in [-0.1, -0.05) is 22.0 Å². The van der Waals surface area contributed by atoms with Gasteiger partial charge in [-0.15, -0.1) is 0 Å². The summed E-state index contributed by atoms with van der Waals surface area (Å²) < 4.78 is 7.08. The van der Waals surface area contributed by atoms with Crippen LogP contribution < -0.4 is 0 Å². The number of oxazole rings is 1. The first-order valence-corrected chi connectivity index (χ1v) is 10.9. The maximum absolute atomic E-state index is 11.4. The van der Waals surface area contributed by atoms with E-state index >= 15 is 0 Å². The highest BCUT2D eigenvalue weighted by atomic mass is 79.9. The summed E-state index contributed by atoms with van der Waals surface area (Å²) in [5.41, 5.74) is 5.81. The van der Waals surface area contributed by atoms with Gasteiger partial charge < -0.3 is 9.52 Å². The van der Waals surface area contributed by atoms with Crippen LogP contribution >= 0.6 is 15.9 Å². The number of fused-ring (bicyclic) bond motifs is 2. The molecule has 0 radical (unpaired) electrons. The molecule has 0 spiro atoms. The predicted molar refractivity (Wildman–Crippen MR) is 115 cm³/mol. The first-order chi connectivity index (χ1) is 14.5. The second kappa shape index (κ2) is 7.22. The van der Waals surface area contributed by atoms with Crippen molar-refractivity contribution in [1.29, 1.82) is 5.26 Å². The number of likely N-dealkylation sites (tertiary alicyclic amines) is 1. The van der Waals surface area contributed by atoms with E-state index < -0.39 is 5.97 Å². The molecule has 3 aromatic rings. The zero-order valence-corrected chi connectivity index (χ0v) is 18.1. The number of nitriles is 1. The van der Waals surface area contributed by atoms with Crippen LogP contribution in [0.2, 0.25) is 0 Å². The number of rotatable bonds is 3. The topological polar surface area (TPSA) is 90.4 Å². The Hall–Kier alpha value is -2.69. The summed E-state index contributed by atoms with van der Waals surface area (Å²) in [5, 5.41) is 19.3. The molecular weight excluding hydrogens is 446 g/mol. The number of carbonyl (C=O) groups is 1. The molecule has 2 heterocycles. The molecule has 0 saturated carbocycles. The molecule has 1 aliphatic heterocycles. The molecule has 0 bridgehead atoms. The maximum Gasteiger partial charge on any atom is 0.307 e. The van der Waals surface area contributed by atoms with Crippen LogP contribution in [-0.4, -0.2) is 34.0 Å². The second-order valence-corrected chi connectivity index (χ2v) is 8.94. The molecule has 2 aliphatic rings. The number of carboxylic acids is 1. The van der Waals surface area contributed by atoms with Crippen molar-refractivity contribution >= 4 is 33.0 Å². The van der Waals surface area contributed by atoms with Gasteiger partial charge in [-0.05, 0) is 67.6 Å². The van der Waals surface area contributed by atoms with Gasteiger partial charge in [-0.2, -0.15) is 5.26 Å². The Balaban J connectivity index is 1.59. The van der Waals surface area contributed by atoms with Crippen molar-refractivity contribution in [2.45, 2.75) is 32.2 Å².